The number of rotatable bonds is 11. The number of aryl methyl sites for hydroxylation is 1. The molecule has 1 atom stereocenters. The van der Waals surface area contributed by atoms with Gasteiger partial charge in [0.15, 0.2) is 0 Å². The molecule has 2 amide bonds. The Hall–Kier alpha value is -2.87. The number of nitrogens with one attached hydrogen (secondary N) is 1. The van der Waals surface area contributed by atoms with Crippen LogP contribution in [0.5, 0.6) is 0 Å². The lowest BCUT2D eigenvalue weighted by Crippen LogP contribution is -2.50. The van der Waals surface area contributed by atoms with Crippen LogP contribution in [0.15, 0.2) is 54.6 Å². The second kappa shape index (κ2) is 12.9. The van der Waals surface area contributed by atoms with Crippen molar-refractivity contribution in [3.8, 4) is 0 Å². The molecule has 0 spiro atoms. The molecule has 0 aliphatic heterocycles. The van der Waals surface area contributed by atoms with E-state index in [2.05, 4.69) is 5.32 Å². The molecule has 1 fully saturated rings. The van der Waals surface area contributed by atoms with E-state index in [1.807, 2.05) is 49.4 Å². The number of anilines is 1. The van der Waals surface area contributed by atoms with Crippen molar-refractivity contribution in [3.05, 3.63) is 65.7 Å². The fourth-order valence-corrected chi connectivity index (χ4v) is 5.78. The van der Waals surface area contributed by atoms with E-state index in [0.717, 1.165) is 36.8 Å². The van der Waals surface area contributed by atoms with Crippen LogP contribution in [0.2, 0.25) is 0 Å². The Bertz CT molecular complexity index is 1110. The fourth-order valence-electron chi connectivity index (χ4n) is 4.76. The highest BCUT2D eigenvalue weighted by Crippen LogP contribution is 2.23. The molecule has 0 bridgehead atoms. The van der Waals surface area contributed by atoms with Gasteiger partial charge in [-0.3, -0.25) is 13.9 Å². The summed E-state index contributed by atoms with van der Waals surface area (Å²) in [5.74, 6) is -0.299. The van der Waals surface area contributed by atoms with Gasteiger partial charge < -0.3 is 10.2 Å². The monoisotopic (exact) mass is 513 g/mol. The van der Waals surface area contributed by atoms with Gasteiger partial charge in [-0.05, 0) is 50.3 Å². The number of hydrogen-bond donors (Lipinski definition) is 1. The van der Waals surface area contributed by atoms with E-state index in [1.54, 1.807) is 24.0 Å². The van der Waals surface area contributed by atoms with E-state index >= 15 is 0 Å². The molecule has 0 saturated heterocycles. The zero-order valence-electron chi connectivity index (χ0n) is 21.7. The van der Waals surface area contributed by atoms with Crippen LogP contribution in [0, 0.1) is 6.92 Å². The average molecular weight is 514 g/mol. The lowest BCUT2D eigenvalue weighted by Gasteiger charge is -2.31. The van der Waals surface area contributed by atoms with E-state index in [-0.39, 0.29) is 30.8 Å². The van der Waals surface area contributed by atoms with E-state index in [1.165, 1.54) is 17.0 Å². The zero-order valence-corrected chi connectivity index (χ0v) is 22.5. The Morgan fingerprint density at radius 3 is 2.28 bits per heavy atom. The summed E-state index contributed by atoms with van der Waals surface area (Å²) < 4.78 is 26.4. The Morgan fingerprint density at radius 2 is 1.64 bits per heavy atom. The Balaban J connectivity index is 1.70. The summed E-state index contributed by atoms with van der Waals surface area (Å²) in [4.78, 5) is 28.1. The molecule has 0 unspecified atom stereocenters. The number of sulfonamides is 1. The predicted octanol–water partition coefficient (Wildman–Crippen LogP) is 4.41. The molecule has 0 aromatic heterocycles. The lowest BCUT2D eigenvalue weighted by molar-refractivity contribution is -0.141. The minimum absolute atomic E-state index is 0.135. The van der Waals surface area contributed by atoms with Crippen LogP contribution in [0.4, 0.5) is 5.69 Å². The SMILES string of the molecule is Cc1ccccc1N(CCCC(=O)N(Cc1ccccc1)[C@H](C)C(=O)NC1CCCCC1)S(C)(=O)=O. The molecule has 1 aliphatic carbocycles. The van der Waals surface area contributed by atoms with E-state index in [0.29, 0.717) is 18.7 Å². The Labute approximate surface area is 215 Å². The van der Waals surface area contributed by atoms with Crippen LogP contribution in [0.25, 0.3) is 0 Å². The molecule has 2 aromatic carbocycles. The molecule has 36 heavy (non-hydrogen) atoms. The quantitative estimate of drug-likeness (QED) is 0.482. The lowest BCUT2D eigenvalue weighted by atomic mass is 9.95. The summed E-state index contributed by atoms with van der Waals surface area (Å²) in [5.41, 5.74) is 2.42. The maximum atomic E-state index is 13.4. The molecular formula is C28H39N3O4S. The first-order valence-electron chi connectivity index (χ1n) is 12.8. The van der Waals surface area contributed by atoms with E-state index in [9.17, 15) is 18.0 Å². The molecule has 1 saturated carbocycles. The number of amides is 2. The van der Waals surface area contributed by atoms with Crippen LogP contribution in [0.3, 0.4) is 0 Å². The first-order chi connectivity index (χ1) is 17.2. The van der Waals surface area contributed by atoms with Gasteiger partial charge in [-0.2, -0.15) is 0 Å². The van der Waals surface area contributed by atoms with Crippen LogP contribution in [0.1, 0.15) is 63.0 Å². The first kappa shape index (κ1) is 27.7. The zero-order chi connectivity index (χ0) is 26.1. The van der Waals surface area contributed by atoms with Crippen molar-refractivity contribution in [2.45, 2.75) is 77.4 Å². The van der Waals surface area contributed by atoms with Gasteiger partial charge in [0.05, 0.1) is 11.9 Å². The highest BCUT2D eigenvalue weighted by molar-refractivity contribution is 7.92. The van der Waals surface area contributed by atoms with Gasteiger partial charge in [-0.25, -0.2) is 8.42 Å². The van der Waals surface area contributed by atoms with Gasteiger partial charge in [0.25, 0.3) is 0 Å². The van der Waals surface area contributed by atoms with Gasteiger partial charge in [-0.15, -0.1) is 0 Å². The number of nitrogens with zero attached hydrogens (tertiary/aromatic N) is 2. The van der Waals surface area contributed by atoms with Crippen molar-refractivity contribution < 1.29 is 18.0 Å². The molecule has 1 N–H and O–H groups in total. The van der Waals surface area contributed by atoms with Crippen LogP contribution in [-0.4, -0.2) is 50.0 Å². The molecule has 7 nitrogen and oxygen atoms in total. The van der Waals surface area contributed by atoms with Crippen molar-refractivity contribution in [3.63, 3.8) is 0 Å². The van der Waals surface area contributed by atoms with Crippen molar-refractivity contribution in [1.82, 2.24) is 10.2 Å². The van der Waals surface area contributed by atoms with Gasteiger partial charge >= 0.3 is 0 Å². The van der Waals surface area contributed by atoms with Crippen molar-refractivity contribution in [2.75, 3.05) is 17.1 Å². The molecule has 0 heterocycles. The highest BCUT2D eigenvalue weighted by atomic mass is 32.2. The number of carbonyl (C=O) groups is 2. The average Bonchev–Trinajstić information content (AvgIpc) is 2.86. The van der Waals surface area contributed by atoms with Crippen molar-refractivity contribution in [2.24, 2.45) is 0 Å². The number of para-hydroxylation sites is 1. The summed E-state index contributed by atoms with van der Waals surface area (Å²) in [6.45, 7) is 4.16. The number of carbonyl (C=O) groups excluding carboxylic acids is 2. The second-order valence-corrected chi connectivity index (χ2v) is 11.7. The molecule has 3 rings (SSSR count). The van der Waals surface area contributed by atoms with Crippen LogP contribution < -0.4 is 9.62 Å². The molecule has 2 aromatic rings. The maximum absolute atomic E-state index is 13.4. The molecule has 8 heteroatoms. The van der Waals surface area contributed by atoms with Crippen LogP contribution in [-0.2, 0) is 26.2 Å². The largest absolute Gasteiger partial charge is 0.352 e. The summed E-state index contributed by atoms with van der Waals surface area (Å²) in [5, 5.41) is 3.14. The number of hydrogen-bond acceptors (Lipinski definition) is 4. The number of benzene rings is 2. The first-order valence-corrected chi connectivity index (χ1v) is 14.7. The van der Waals surface area contributed by atoms with Crippen molar-refractivity contribution >= 4 is 27.5 Å². The smallest absolute Gasteiger partial charge is 0.242 e. The van der Waals surface area contributed by atoms with Gasteiger partial charge in [0.2, 0.25) is 21.8 Å². The molecule has 1 aliphatic rings. The van der Waals surface area contributed by atoms with E-state index < -0.39 is 16.1 Å². The standard InChI is InChI=1S/C28H39N3O4S/c1-22-13-10-11-18-26(22)31(36(3,34)35)20-12-19-27(32)30(21-24-14-6-4-7-15-24)23(2)28(33)29-25-16-8-5-9-17-25/h4,6-7,10-11,13-15,18,23,25H,5,8-9,12,16-17,19-21H2,1-3H3,(H,29,33)/t23-/m1/s1. The molecule has 0 radical (unpaired) electrons. The maximum Gasteiger partial charge on any atom is 0.242 e. The third-order valence-electron chi connectivity index (χ3n) is 6.85. The Morgan fingerprint density at radius 1 is 1.00 bits per heavy atom. The van der Waals surface area contributed by atoms with Gasteiger partial charge in [0.1, 0.15) is 6.04 Å². The molecular weight excluding hydrogens is 474 g/mol. The third-order valence-corrected chi connectivity index (χ3v) is 8.03. The molecule has 196 valence electrons. The summed E-state index contributed by atoms with van der Waals surface area (Å²) >= 11 is 0. The fraction of sp³-hybridized carbons (Fsp3) is 0.500. The second-order valence-electron chi connectivity index (χ2n) is 9.75. The summed E-state index contributed by atoms with van der Waals surface area (Å²) in [6, 6.07) is 16.5. The minimum Gasteiger partial charge on any atom is -0.352 e. The van der Waals surface area contributed by atoms with Crippen molar-refractivity contribution in [1.29, 1.82) is 0 Å². The minimum atomic E-state index is -3.51. The van der Waals surface area contributed by atoms with Gasteiger partial charge in [0, 0.05) is 25.6 Å². The topological polar surface area (TPSA) is 86.8 Å². The Kier molecular flexibility index (Phi) is 9.93. The highest BCUT2D eigenvalue weighted by Gasteiger charge is 2.28. The van der Waals surface area contributed by atoms with Gasteiger partial charge in [-0.1, -0.05) is 67.8 Å². The van der Waals surface area contributed by atoms with Crippen LogP contribution >= 0.6 is 0 Å². The normalized spacial score (nSPS) is 15.2. The third kappa shape index (κ3) is 7.82. The summed E-state index contributed by atoms with van der Waals surface area (Å²) in [7, 11) is -3.51. The predicted molar refractivity (Wildman–Crippen MR) is 144 cm³/mol. The summed E-state index contributed by atoms with van der Waals surface area (Å²) in [6.07, 6.45) is 7.06. The van der Waals surface area contributed by atoms with E-state index in [4.69, 9.17) is 0 Å².